The van der Waals surface area contributed by atoms with Crippen molar-refractivity contribution >= 4 is 44.8 Å². The van der Waals surface area contributed by atoms with Gasteiger partial charge < -0.3 is 9.47 Å². The molecule has 0 aromatic heterocycles. The van der Waals surface area contributed by atoms with Crippen LogP contribution in [0.2, 0.25) is 0 Å². The summed E-state index contributed by atoms with van der Waals surface area (Å²) in [6, 6.07) is 4.06. The van der Waals surface area contributed by atoms with Crippen LogP contribution in [0.4, 0.5) is 0 Å². The van der Waals surface area contributed by atoms with Gasteiger partial charge in [-0.2, -0.15) is 0 Å². The fourth-order valence-corrected chi connectivity index (χ4v) is 4.52. The number of hydrogen-bond acceptors (Lipinski definition) is 5. The Morgan fingerprint density at radius 3 is 2.45 bits per heavy atom. The van der Waals surface area contributed by atoms with Crippen LogP contribution < -0.4 is 9.47 Å². The molecule has 1 heterocycles. The molecule has 1 aliphatic heterocycles. The summed E-state index contributed by atoms with van der Waals surface area (Å²) in [6.45, 7) is 14.6. The summed E-state index contributed by atoms with van der Waals surface area (Å²) in [7, 11) is 0. The minimum Gasteiger partial charge on any atom is -0.490 e. The van der Waals surface area contributed by atoms with Gasteiger partial charge in [0.05, 0.1) is 22.1 Å². The van der Waals surface area contributed by atoms with E-state index in [0.717, 1.165) is 21.6 Å². The predicted molar refractivity (Wildman–Crippen MR) is 126 cm³/mol. The van der Waals surface area contributed by atoms with Gasteiger partial charge in [-0.15, -0.1) is 0 Å². The van der Waals surface area contributed by atoms with Gasteiger partial charge in [0, 0.05) is 12.1 Å². The quantitative estimate of drug-likeness (QED) is 0.419. The van der Waals surface area contributed by atoms with Crippen molar-refractivity contribution < 1.29 is 14.3 Å². The first-order valence-corrected chi connectivity index (χ1v) is 11.7. The van der Waals surface area contributed by atoms with Crippen LogP contribution >= 0.6 is 27.7 Å². The summed E-state index contributed by atoms with van der Waals surface area (Å²) >= 11 is 5.03. The van der Waals surface area contributed by atoms with Crippen molar-refractivity contribution in [2.24, 2.45) is 4.99 Å². The molecule has 1 aromatic rings. The number of aliphatic imine (C=N–C) groups is 1. The average Bonchev–Trinajstić information content (AvgIpc) is 2.92. The number of halogens is 1. The summed E-state index contributed by atoms with van der Waals surface area (Å²) in [6.07, 6.45) is 2.87. The summed E-state index contributed by atoms with van der Waals surface area (Å²) in [5.74, 6) is 1.35. The monoisotopic (exact) mass is 482 g/mol. The Hall–Kier alpha value is -1.47. The van der Waals surface area contributed by atoms with Gasteiger partial charge in [0.15, 0.2) is 16.7 Å². The van der Waals surface area contributed by atoms with Crippen LogP contribution in [0.25, 0.3) is 6.08 Å². The first-order valence-electron chi connectivity index (χ1n) is 10.1. The van der Waals surface area contributed by atoms with Gasteiger partial charge in [-0.05, 0) is 99.4 Å². The fraction of sp³-hybridized carbons (Fsp3) is 0.545. The van der Waals surface area contributed by atoms with E-state index in [1.807, 2.05) is 59.8 Å². The van der Waals surface area contributed by atoms with Crippen LogP contribution in [-0.2, 0) is 4.79 Å². The van der Waals surface area contributed by atoms with Crippen LogP contribution in [0.5, 0.6) is 11.5 Å². The lowest BCUT2D eigenvalue weighted by molar-refractivity contribution is -0.123. The third kappa shape index (κ3) is 6.01. The molecule has 5 nitrogen and oxygen atoms in total. The molecule has 1 aromatic carbocycles. The third-order valence-corrected chi connectivity index (χ3v) is 5.83. The van der Waals surface area contributed by atoms with Crippen LogP contribution in [-0.4, -0.2) is 40.8 Å². The first kappa shape index (κ1) is 23.8. The van der Waals surface area contributed by atoms with E-state index in [4.69, 9.17) is 9.47 Å². The Kier molecular flexibility index (Phi) is 8.64. The molecule has 0 N–H and O–H groups in total. The zero-order chi connectivity index (χ0) is 21.7. The minimum absolute atomic E-state index is 0.0154. The highest BCUT2D eigenvalue weighted by Crippen LogP contribution is 2.40. The molecule has 7 heteroatoms. The lowest BCUT2D eigenvalue weighted by atomic mass is 10.1. The van der Waals surface area contributed by atoms with Crippen LogP contribution in [0.15, 0.2) is 26.5 Å². The maximum Gasteiger partial charge on any atom is 0.266 e. The average molecular weight is 483 g/mol. The number of amides is 1. The Balaban J connectivity index is 2.44. The molecule has 0 unspecified atom stereocenters. The van der Waals surface area contributed by atoms with E-state index in [1.165, 1.54) is 11.8 Å². The molecule has 160 valence electrons. The number of benzene rings is 1. The van der Waals surface area contributed by atoms with Gasteiger partial charge in [0.1, 0.15) is 0 Å². The maximum atomic E-state index is 13.0. The summed E-state index contributed by atoms with van der Waals surface area (Å²) in [5, 5.41) is 0.757. The first-order chi connectivity index (χ1) is 13.7. The second-order valence-electron chi connectivity index (χ2n) is 7.48. The molecular weight excluding hydrogens is 452 g/mol. The SMILES string of the molecule is CCOc1cc(/C=C2/SC(=NC(C)C)N(C(C)C)C2=O)cc(Br)c1O[C@@H](C)CC. The molecular formula is C22H31BrN2O3S. The minimum atomic E-state index is -0.0154. The highest BCUT2D eigenvalue weighted by Gasteiger charge is 2.35. The standard InChI is InChI=1S/C22H31BrN2O3S/c1-8-15(7)28-20-17(23)10-16(11-18(20)27-9-2)12-19-21(26)25(14(5)6)22(29-19)24-13(3)4/h10-15H,8-9H2,1-7H3/b19-12+,24-22?/t15-/m0/s1. The number of thioether (sulfide) groups is 1. The number of hydrogen-bond donors (Lipinski definition) is 0. The molecule has 0 radical (unpaired) electrons. The molecule has 0 bridgehead atoms. The van der Waals surface area contributed by atoms with Gasteiger partial charge in [-0.3, -0.25) is 14.7 Å². The Bertz CT molecular complexity index is 805. The number of ether oxygens (including phenoxy) is 2. The molecule has 0 saturated carbocycles. The summed E-state index contributed by atoms with van der Waals surface area (Å²) in [5.41, 5.74) is 0.877. The Morgan fingerprint density at radius 2 is 1.90 bits per heavy atom. The molecule has 2 rings (SSSR count). The Morgan fingerprint density at radius 1 is 1.21 bits per heavy atom. The number of nitrogens with zero attached hydrogens (tertiary/aromatic N) is 2. The predicted octanol–water partition coefficient (Wildman–Crippen LogP) is 6.11. The molecule has 0 aliphatic carbocycles. The maximum absolute atomic E-state index is 13.0. The molecule has 1 aliphatic rings. The Labute approximate surface area is 187 Å². The van der Waals surface area contributed by atoms with Gasteiger partial charge in [-0.25, -0.2) is 0 Å². The highest BCUT2D eigenvalue weighted by molar-refractivity contribution is 9.10. The third-order valence-electron chi connectivity index (χ3n) is 4.25. The molecule has 0 spiro atoms. The van der Waals surface area contributed by atoms with Crippen LogP contribution in [0.1, 0.15) is 60.5 Å². The number of carbonyl (C=O) groups excluding carboxylic acids is 1. The van der Waals surface area contributed by atoms with Crippen molar-refractivity contribution in [3.8, 4) is 11.5 Å². The lowest BCUT2D eigenvalue weighted by Crippen LogP contribution is -2.35. The van der Waals surface area contributed by atoms with Crippen molar-refractivity contribution in [2.45, 2.75) is 73.1 Å². The molecule has 1 saturated heterocycles. The second-order valence-corrected chi connectivity index (χ2v) is 9.35. The van der Waals surface area contributed by atoms with Gasteiger partial charge in [0.2, 0.25) is 0 Å². The van der Waals surface area contributed by atoms with E-state index in [9.17, 15) is 4.79 Å². The number of carbonyl (C=O) groups is 1. The van der Waals surface area contributed by atoms with Crippen molar-refractivity contribution in [3.63, 3.8) is 0 Å². The van der Waals surface area contributed by atoms with Crippen LogP contribution in [0, 0.1) is 0 Å². The van der Waals surface area contributed by atoms with E-state index in [-0.39, 0.29) is 24.1 Å². The second kappa shape index (κ2) is 10.5. The van der Waals surface area contributed by atoms with Gasteiger partial charge in [0.25, 0.3) is 5.91 Å². The molecule has 1 atom stereocenters. The van der Waals surface area contributed by atoms with Crippen molar-refractivity contribution in [1.82, 2.24) is 4.90 Å². The van der Waals surface area contributed by atoms with Gasteiger partial charge >= 0.3 is 0 Å². The van der Waals surface area contributed by atoms with Crippen molar-refractivity contribution in [1.29, 1.82) is 0 Å². The van der Waals surface area contributed by atoms with E-state index in [1.54, 1.807) is 4.90 Å². The highest BCUT2D eigenvalue weighted by atomic mass is 79.9. The van der Waals surface area contributed by atoms with E-state index < -0.39 is 0 Å². The van der Waals surface area contributed by atoms with Crippen molar-refractivity contribution in [3.05, 3.63) is 27.1 Å². The topological polar surface area (TPSA) is 51.1 Å². The number of rotatable bonds is 8. The lowest BCUT2D eigenvalue weighted by Gasteiger charge is -2.20. The molecule has 1 fully saturated rings. The van der Waals surface area contributed by atoms with E-state index in [0.29, 0.717) is 23.0 Å². The van der Waals surface area contributed by atoms with E-state index >= 15 is 0 Å². The van der Waals surface area contributed by atoms with Gasteiger partial charge in [-0.1, -0.05) is 6.92 Å². The van der Waals surface area contributed by atoms with E-state index in [2.05, 4.69) is 27.8 Å². The zero-order valence-electron chi connectivity index (χ0n) is 18.3. The number of amidine groups is 1. The van der Waals surface area contributed by atoms with Crippen molar-refractivity contribution in [2.75, 3.05) is 6.61 Å². The zero-order valence-corrected chi connectivity index (χ0v) is 20.7. The fourth-order valence-electron chi connectivity index (χ4n) is 2.74. The smallest absolute Gasteiger partial charge is 0.266 e. The normalized spacial score (nSPS) is 18.4. The molecule has 29 heavy (non-hydrogen) atoms. The molecule has 1 amide bonds. The summed E-state index contributed by atoms with van der Waals surface area (Å²) in [4.78, 5) is 20.0. The largest absolute Gasteiger partial charge is 0.490 e. The van der Waals surface area contributed by atoms with Crippen LogP contribution in [0.3, 0.4) is 0 Å². The summed E-state index contributed by atoms with van der Waals surface area (Å²) < 4.78 is 12.7.